The van der Waals surface area contributed by atoms with Crippen LogP contribution in [0.15, 0.2) is 30.3 Å². The van der Waals surface area contributed by atoms with E-state index in [4.69, 9.17) is 4.74 Å². The van der Waals surface area contributed by atoms with Gasteiger partial charge in [-0.2, -0.15) is 0 Å². The summed E-state index contributed by atoms with van der Waals surface area (Å²) in [6.07, 6.45) is 0.533. The summed E-state index contributed by atoms with van der Waals surface area (Å²) in [5.74, 6) is -0.118. The minimum absolute atomic E-state index is 0.0791. The van der Waals surface area contributed by atoms with E-state index >= 15 is 0 Å². The molecule has 20 heavy (non-hydrogen) atoms. The summed E-state index contributed by atoms with van der Waals surface area (Å²) < 4.78 is 28.1. The molecular weight excluding hydrogens is 278 g/mol. The van der Waals surface area contributed by atoms with Gasteiger partial charge in [0.05, 0.1) is 18.1 Å². The Balaban J connectivity index is 2.13. The molecule has 0 bridgehead atoms. The van der Waals surface area contributed by atoms with Crippen molar-refractivity contribution in [2.75, 3.05) is 18.1 Å². The topological polar surface area (TPSA) is 72.5 Å². The molecule has 0 aromatic heterocycles. The predicted octanol–water partition coefficient (Wildman–Crippen LogP) is 1.07. The lowest BCUT2D eigenvalue weighted by atomic mass is 10.1. The van der Waals surface area contributed by atoms with Crippen LogP contribution in [0.4, 0.5) is 0 Å². The highest BCUT2D eigenvalue weighted by Gasteiger charge is 2.32. The lowest BCUT2D eigenvalue weighted by Gasteiger charge is -2.21. The quantitative estimate of drug-likeness (QED) is 0.823. The Morgan fingerprint density at radius 1 is 1.40 bits per heavy atom. The lowest BCUT2D eigenvalue weighted by molar-refractivity contribution is -0.146. The average Bonchev–Trinajstić information content (AvgIpc) is 2.76. The molecule has 5 nitrogen and oxygen atoms in total. The van der Waals surface area contributed by atoms with E-state index in [0.717, 1.165) is 5.56 Å². The van der Waals surface area contributed by atoms with Crippen LogP contribution in [0.1, 0.15) is 24.9 Å². The van der Waals surface area contributed by atoms with Crippen molar-refractivity contribution in [3.8, 4) is 0 Å². The third kappa shape index (κ3) is 3.80. The number of nitrogens with one attached hydrogen (secondary N) is 1. The van der Waals surface area contributed by atoms with Crippen LogP contribution in [0.25, 0.3) is 0 Å². The first kappa shape index (κ1) is 15.0. The summed E-state index contributed by atoms with van der Waals surface area (Å²) in [5, 5.41) is 3.12. The molecule has 1 aliphatic heterocycles. The van der Waals surface area contributed by atoms with Crippen LogP contribution in [-0.2, 0) is 19.4 Å². The first-order valence-electron chi connectivity index (χ1n) is 6.70. The van der Waals surface area contributed by atoms with Crippen molar-refractivity contribution in [3.63, 3.8) is 0 Å². The van der Waals surface area contributed by atoms with Gasteiger partial charge in [0.1, 0.15) is 6.04 Å². The smallest absolute Gasteiger partial charge is 0.327 e. The van der Waals surface area contributed by atoms with Gasteiger partial charge in [0.15, 0.2) is 9.84 Å². The van der Waals surface area contributed by atoms with E-state index in [1.807, 2.05) is 30.3 Å². The van der Waals surface area contributed by atoms with Gasteiger partial charge in [0.2, 0.25) is 0 Å². The van der Waals surface area contributed by atoms with Crippen LogP contribution in [0.2, 0.25) is 0 Å². The molecule has 1 saturated heterocycles. The molecule has 1 heterocycles. The van der Waals surface area contributed by atoms with Crippen LogP contribution in [0, 0.1) is 0 Å². The number of esters is 1. The van der Waals surface area contributed by atoms with Gasteiger partial charge in [0, 0.05) is 6.04 Å². The monoisotopic (exact) mass is 297 g/mol. The number of hydrogen-bond donors (Lipinski definition) is 1. The molecule has 6 heteroatoms. The molecule has 0 radical (unpaired) electrons. The Bertz CT molecular complexity index is 556. The maximum atomic E-state index is 12.1. The molecule has 110 valence electrons. The van der Waals surface area contributed by atoms with Gasteiger partial charge in [-0.3, -0.25) is 5.32 Å². The van der Waals surface area contributed by atoms with Gasteiger partial charge in [-0.1, -0.05) is 30.3 Å². The Labute approximate surface area is 119 Å². The van der Waals surface area contributed by atoms with Crippen LogP contribution in [-0.4, -0.2) is 38.5 Å². The molecule has 0 saturated carbocycles. The molecule has 1 aromatic rings. The summed E-state index contributed by atoms with van der Waals surface area (Å²) in [4.78, 5) is 12.1. The fraction of sp³-hybridized carbons (Fsp3) is 0.500. The summed E-state index contributed by atoms with van der Waals surface area (Å²) in [7, 11) is -2.98. The fourth-order valence-electron chi connectivity index (χ4n) is 2.33. The fourth-order valence-corrected chi connectivity index (χ4v) is 4.02. The second-order valence-corrected chi connectivity index (χ2v) is 7.09. The third-order valence-corrected chi connectivity index (χ3v) is 5.06. The molecule has 2 rings (SSSR count). The highest BCUT2D eigenvalue weighted by molar-refractivity contribution is 7.91. The zero-order valence-electron chi connectivity index (χ0n) is 11.4. The van der Waals surface area contributed by atoms with E-state index in [-0.39, 0.29) is 23.5 Å². The SMILES string of the molecule is CCOC(=O)C(NC1CCS(=O)(=O)C1)c1ccccc1. The van der Waals surface area contributed by atoms with E-state index in [2.05, 4.69) is 5.32 Å². The van der Waals surface area contributed by atoms with Gasteiger partial charge in [0.25, 0.3) is 0 Å². The Kier molecular flexibility index (Phi) is 4.77. The van der Waals surface area contributed by atoms with Crippen molar-refractivity contribution in [1.29, 1.82) is 0 Å². The molecular formula is C14H19NO4S. The Morgan fingerprint density at radius 3 is 2.65 bits per heavy atom. The Hall–Kier alpha value is -1.40. The average molecular weight is 297 g/mol. The van der Waals surface area contributed by atoms with Crippen LogP contribution >= 0.6 is 0 Å². The molecule has 2 unspecified atom stereocenters. The van der Waals surface area contributed by atoms with E-state index < -0.39 is 15.9 Å². The lowest BCUT2D eigenvalue weighted by Crippen LogP contribution is -2.38. The number of carbonyl (C=O) groups is 1. The third-order valence-electron chi connectivity index (χ3n) is 3.29. The minimum atomic E-state index is -2.98. The van der Waals surface area contributed by atoms with Gasteiger partial charge in [-0.05, 0) is 18.9 Å². The number of sulfone groups is 1. The first-order chi connectivity index (χ1) is 9.52. The maximum absolute atomic E-state index is 12.1. The van der Waals surface area contributed by atoms with E-state index in [1.165, 1.54) is 0 Å². The Morgan fingerprint density at radius 2 is 2.10 bits per heavy atom. The highest BCUT2D eigenvalue weighted by atomic mass is 32.2. The van der Waals surface area contributed by atoms with Crippen molar-refractivity contribution in [2.24, 2.45) is 0 Å². The van der Waals surface area contributed by atoms with Crippen LogP contribution in [0.3, 0.4) is 0 Å². The summed E-state index contributed by atoms with van der Waals surface area (Å²) >= 11 is 0. The molecule has 2 atom stereocenters. The molecule has 1 N–H and O–H groups in total. The zero-order chi connectivity index (χ0) is 14.6. The van der Waals surface area contributed by atoms with Crippen LogP contribution in [0.5, 0.6) is 0 Å². The minimum Gasteiger partial charge on any atom is -0.465 e. The summed E-state index contributed by atoms with van der Waals surface area (Å²) in [6.45, 7) is 2.05. The van der Waals surface area contributed by atoms with Crippen molar-refractivity contribution in [1.82, 2.24) is 5.32 Å². The number of benzene rings is 1. The number of hydrogen-bond acceptors (Lipinski definition) is 5. The predicted molar refractivity (Wildman–Crippen MR) is 76.0 cm³/mol. The maximum Gasteiger partial charge on any atom is 0.327 e. The van der Waals surface area contributed by atoms with Crippen molar-refractivity contribution in [3.05, 3.63) is 35.9 Å². The normalized spacial score (nSPS) is 22.4. The van der Waals surface area contributed by atoms with E-state index in [1.54, 1.807) is 6.92 Å². The molecule has 1 fully saturated rings. The van der Waals surface area contributed by atoms with E-state index in [0.29, 0.717) is 13.0 Å². The second-order valence-electron chi connectivity index (χ2n) is 4.86. The molecule has 1 aromatic carbocycles. The van der Waals surface area contributed by atoms with Crippen molar-refractivity contribution < 1.29 is 17.9 Å². The second kappa shape index (κ2) is 6.37. The van der Waals surface area contributed by atoms with Crippen molar-refractivity contribution in [2.45, 2.75) is 25.4 Å². The standard InChI is InChI=1S/C14H19NO4S/c1-2-19-14(16)13(11-6-4-3-5-7-11)15-12-8-9-20(17,18)10-12/h3-7,12-13,15H,2,8-10H2,1H3. The molecule has 0 aliphatic carbocycles. The molecule has 0 amide bonds. The van der Waals surface area contributed by atoms with Gasteiger partial charge in [-0.15, -0.1) is 0 Å². The number of ether oxygens (including phenoxy) is 1. The summed E-state index contributed by atoms with van der Waals surface area (Å²) in [6, 6.07) is 8.40. The zero-order valence-corrected chi connectivity index (χ0v) is 12.2. The number of carbonyl (C=O) groups excluding carboxylic acids is 1. The van der Waals surface area contributed by atoms with Gasteiger partial charge < -0.3 is 4.74 Å². The molecule has 1 aliphatic rings. The first-order valence-corrected chi connectivity index (χ1v) is 8.52. The van der Waals surface area contributed by atoms with Gasteiger partial charge >= 0.3 is 5.97 Å². The van der Waals surface area contributed by atoms with E-state index in [9.17, 15) is 13.2 Å². The highest BCUT2D eigenvalue weighted by Crippen LogP contribution is 2.19. The summed E-state index contributed by atoms with van der Waals surface area (Å²) in [5.41, 5.74) is 0.787. The van der Waals surface area contributed by atoms with Crippen molar-refractivity contribution >= 4 is 15.8 Å². The number of rotatable bonds is 5. The van der Waals surface area contributed by atoms with Gasteiger partial charge in [-0.25, -0.2) is 13.2 Å². The van der Waals surface area contributed by atoms with Crippen LogP contribution < -0.4 is 5.32 Å². The largest absolute Gasteiger partial charge is 0.465 e. The molecule has 0 spiro atoms.